The molecule has 0 amide bonds. The molecule has 0 unspecified atom stereocenters. The minimum atomic E-state index is 0.220. The zero-order chi connectivity index (χ0) is 11.6. The van der Waals surface area contributed by atoms with Gasteiger partial charge in [0.2, 0.25) is 0 Å². The van der Waals surface area contributed by atoms with Gasteiger partial charge in [-0.05, 0) is 33.6 Å². The van der Waals surface area contributed by atoms with Gasteiger partial charge in [0.25, 0.3) is 0 Å². The summed E-state index contributed by atoms with van der Waals surface area (Å²) in [6.07, 6.45) is 4.11. The van der Waals surface area contributed by atoms with Crippen LogP contribution in [-0.2, 0) is 0 Å². The van der Waals surface area contributed by atoms with E-state index in [4.69, 9.17) is 0 Å². The van der Waals surface area contributed by atoms with Crippen molar-refractivity contribution in [3.05, 3.63) is 12.4 Å². The van der Waals surface area contributed by atoms with Crippen molar-refractivity contribution in [2.45, 2.75) is 39.2 Å². The van der Waals surface area contributed by atoms with Gasteiger partial charge in [-0.15, -0.1) is 0 Å². The molecule has 0 aromatic carbocycles. The molecule has 0 atom stereocenters. The van der Waals surface area contributed by atoms with Gasteiger partial charge in [0, 0.05) is 24.7 Å². The first-order valence-corrected chi connectivity index (χ1v) is 5.97. The summed E-state index contributed by atoms with van der Waals surface area (Å²) >= 11 is 0. The number of aromatic nitrogens is 2. The van der Waals surface area contributed by atoms with Gasteiger partial charge in [-0.1, -0.05) is 0 Å². The van der Waals surface area contributed by atoms with Crippen LogP contribution in [0.2, 0.25) is 0 Å². The summed E-state index contributed by atoms with van der Waals surface area (Å²) in [5, 5.41) is 3.22. The first-order valence-electron chi connectivity index (χ1n) is 5.97. The summed E-state index contributed by atoms with van der Waals surface area (Å²) in [5.41, 5.74) is 0.220. The van der Waals surface area contributed by atoms with E-state index in [1.807, 2.05) is 6.07 Å². The zero-order valence-electron chi connectivity index (χ0n) is 10.3. The van der Waals surface area contributed by atoms with E-state index in [1.54, 1.807) is 6.33 Å². The maximum Gasteiger partial charge on any atom is 0.134 e. The first-order chi connectivity index (χ1) is 7.63. The van der Waals surface area contributed by atoms with Crippen LogP contribution in [0.3, 0.4) is 0 Å². The van der Waals surface area contributed by atoms with Crippen LogP contribution < -0.4 is 10.2 Å². The second kappa shape index (κ2) is 4.28. The minimum absolute atomic E-state index is 0.220. The van der Waals surface area contributed by atoms with Gasteiger partial charge in [0.05, 0.1) is 0 Å². The lowest BCUT2D eigenvalue weighted by Gasteiger charge is -2.32. The average molecular weight is 220 g/mol. The zero-order valence-corrected chi connectivity index (χ0v) is 10.3. The molecule has 0 bridgehead atoms. The van der Waals surface area contributed by atoms with Crippen molar-refractivity contribution in [2.24, 2.45) is 0 Å². The lowest BCUT2D eigenvalue weighted by molar-refractivity contribution is 0.514. The Hall–Kier alpha value is -1.32. The lowest BCUT2D eigenvalue weighted by Crippen LogP contribution is -2.38. The van der Waals surface area contributed by atoms with Crippen LogP contribution in [0.1, 0.15) is 33.6 Å². The normalized spacial score (nSPS) is 18.8. The molecular formula is C12H20N4. The van der Waals surface area contributed by atoms with Crippen molar-refractivity contribution in [3.63, 3.8) is 0 Å². The van der Waals surface area contributed by atoms with Crippen LogP contribution in [0, 0.1) is 0 Å². The lowest BCUT2D eigenvalue weighted by atomic mass is 10.0. The molecule has 88 valence electrons. The number of rotatable bonds is 3. The van der Waals surface area contributed by atoms with Crippen molar-refractivity contribution in [2.75, 3.05) is 23.3 Å². The minimum Gasteiger partial charge on any atom is -0.370 e. The molecule has 2 heterocycles. The molecule has 1 aliphatic heterocycles. The van der Waals surface area contributed by atoms with Crippen LogP contribution in [0.5, 0.6) is 0 Å². The van der Waals surface area contributed by atoms with Crippen LogP contribution in [0.15, 0.2) is 12.4 Å². The van der Waals surface area contributed by atoms with Gasteiger partial charge in [0.1, 0.15) is 18.0 Å². The number of hydrogen-bond acceptors (Lipinski definition) is 4. The van der Waals surface area contributed by atoms with E-state index in [1.165, 1.54) is 12.8 Å². The highest BCUT2D eigenvalue weighted by atomic mass is 15.3. The van der Waals surface area contributed by atoms with Crippen LogP contribution in [-0.4, -0.2) is 28.6 Å². The molecule has 1 fully saturated rings. The Kier molecular flexibility index (Phi) is 2.99. The molecule has 0 spiro atoms. The van der Waals surface area contributed by atoms with Crippen molar-refractivity contribution in [3.8, 4) is 0 Å². The predicted octanol–water partition coefficient (Wildman–Crippen LogP) is 2.29. The summed E-state index contributed by atoms with van der Waals surface area (Å²) in [6, 6.07) is 2.04. The highest BCUT2D eigenvalue weighted by Crippen LogP contribution is 2.32. The van der Waals surface area contributed by atoms with E-state index in [2.05, 4.69) is 41.0 Å². The number of nitrogens with zero attached hydrogens (tertiary/aromatic N) is 3. The molecule has 0 aliphatic carbocycles. The molecular weight excluding hydrogens is 200 g/mol. The van der Waals surface area contributed by atoms with Gasteiger partial charge in [-0.3, -0.25) is 0 Å². The van der Waals surface area contributed by atoms with Gasteiger partial charge < -0.3 is 10.2 Å². The topological polar surface area (TPSA) is 41.0 Å². The molecule has 1 aromatic rings. The predicted molar refractivity (Wildman–Crippen MR) is 66.9 cm³/mol. The maximum absolute atomic E-state index is 4.37. The molecule has 1 aliphatic rings. The molecule has 1 aromatic heterocycles. The van der Waals surface area contributed by atoms with Crippen LogP contribution >= 0.6 is 0 Å². The van der Waals surface area contributed by atoms with Crippen molar-refractivity contribution >= 4 is 11.6 Å². The third-order valence-electron chi connectivity index (χ3n) is 3.19. The Morgan fingerprint density at radius 3 is 2.88 bits per heavy atom. The Morgan fingerprint density at radius 1 is 1.44 bits per heavy atom. The number of nitrogens with one attached hydrogen (secondary N) is 1. The maximum atomic E-state index is 4.37. The fourth-order valence-corrected chi connectivity index (χ4v) is 2.30. The van der Waals surface area contributed by atoms with Gasteiger partial charge in [0.15, 0.2) is 0 Å². The van der Waals surface area contributed by atoms with Crippen molar-refractivity contribution in [1.29, 1.82) is 0 Å². The molecule has 0 saturated carbocycles. The summed E-state index contributed by atoms with van der Waals surface area (Å²) in [5.74, 6) is 1.95. The van der Waals surface area contributed by atoms with Crippen LogP contribution in [0.4, 0.5) is 11.6 Å². The van der Waals surface area contributed by atoms with E-state index in [-0.39, 0.29) is 5.54 Å². The Morgan fingerprint density at radius 2 is 2.25 bits per heavy atom. The van der Waals surface area contributed by atoms with E-state index < -0.39 is 0 Å². The van der Waals surface area contributed by atoms with Gasteiger partial charge in [-0.25, -0.2) is 9.97 Å². The quantitative estimate of drug-likeness (QED) is 0.848. The third-order valence-corrected chi connectivity index (χ3v) is 3.19. The monoisotopic (exact) mass is 220 g/mol. The summed E-state index contributed by atoms with van der Waals surface area (Å²) < 4.78 is 0. The smallest absolute Gasteiger partial charge is 0.134 e. The highest BCUT2D eigenvalue weighted by Gasteiger charge is 2.32. The Bertz CT molecular complexity index is 362. The SMILES string of the molecule is CCNc1cc(N2CCCC2(C)C)ncn1. The van der Waals surface area contributed by atoms with E-state index in [0.717, 1.165) is 24.7 Å². The molecule has 4 nitrogen and oxygen atoms in total. The fraction of sp³-hybridized carbons (Fsp3) is 0.667. The highest BCUT2D eigenvalue weighted by molar-refractivity contribution is 5.50. The van der Waals surface area contributed by atoms with Gasteiger partial charge >= 0.3 is 0 Å². The standard InChI is InChI=1S/C12H20N4/c1-4-13-10-8-11(15-9-14-10)16-7-5-6-12(16,2)3/h8-9H,4-7H2,1-3H3,(H,13,14,15). The fourth-order valence-electron chi connectivity index (χ4n) is 2.30. The summed E-state index contributed by atoms with van der Waals surface area (Å²) in [4.78, 5) is 10.9. The number of anilines is 2. The van der Waals surface area contributed by atoms with Crippen molar-refractivity contribution in [1.82, 2.24) is 9.97 Å². The Labute approximate surface area is 97.1 Å². The summed E-state index contributed by atoms with van der Waals surface area (Å²) in [6.45, 7) is 8.60. The first kappa shape index (κ1) is 11.2. The summed E-state index contributed by atoms with van der Waals surface area (Å²) in [7, 11) is 0. The molecule has 16 heavy (non-hydrogen) atoms. The molecule has 0 radical (unpaired) electrons. The second-order valence-electron chi connectivity index (χ2n) is 4.86. The second-order valence-corrected chi connectivity index (χ2v) is 4.86. The molecule has 2 rings (SSSR count). The van der Waals surface area contributed by atoms with Gasteiger partial charge in [-0.2, -0.15) is 0 Å². The molecule has 4 heteroatoms. The molecule has 1 saturated heterocycles. The molecule has 1 N–H and O–H groups in total. The van der Waals surface area contributed by atoms with Crippen molar-refractivity contribution < 1.29 is 0 Å². The van der Waals surface area contributed by atoms with E-state index in [0.29, 0.717) is 0 Å². The van der Waals surface area contributed by atoms with E-state index >= 15 is 0 Å². The Balaban J connectivity index is 2.23. The van der Waals surface area contributed by atoms with Crippen LogP contribution in [0.25, 0.3) is 0 Å². The average Bonchev–Trinajstić information content (AvgIpc) is 2.59. The van der Waals surface area contributed by atoms with E-state index in [9.17, 15) is 0 Å². The third kappa shape index (κ3) is 2.10. The largest absolute Gasteiger partial charge is 0.370 e. The number of hydrogen-bond donors (Lipinski definition) is 1.